The summed E-state index contributed by atoms with van der Waals surface area (Å²) in [5, 5.41) is 5.51. The lowest BCUT2D eigenvalue weighted by Gasteiger charge is -2.32. The number of nitrogens with one attached hydrogen (secondary N) is 2. The number of nitrogens with zero attached hydrogens (tertiary/aromatic N) is 1. The van der Waals surface area contributed by atoms with Gasteiger partial charge in [0.05, 0.1) is 24.4 Å². The van der Waals surface area contributed by atoms with Gasteiger partial charge in [-0.05, 0) is 12.5 Å². The number of ether oxygens (including phenoxy) is 2. The molecule has 3 amide bonds. The number of hydrogen-bond donors (Lipinski definition) is 2. The highest BCUT2D eigenvalue weighted by atomic mass is 16.5. The molecule has 2 heterocycles. The minimum Gasteiger partial charge on any atom is -0.496 e. The number of methoxy groups -OCH3 is 1. The van der Waals surface area contributed by atoms with Gasteiger partial charge in [-0.3, -0.25) is 9.69 Å². The molecule has 8 nitrogen and oxygen atoms in total. The van der Waals surface area contributed by atoms with E-state index in [1.165, 1.54) is 12.0 Å². The number of hydrogen-bond acceptors (Lipinski definition) is 5. The molecule has 0 radical (unpaired) electrons. The van der Waals surface area contributed by atoms with E-state index in [1.54, 1.807) is 24.3 Å². The lowest BCUT2D eigenvalue weighted by molar-refractivity contribution is -0.136. The number of para-hydroxylation sites is 1. The summed E-state index contributed by atoms with van der Waals surface area (Å²) < 4.78 is 10.5. The fourth-order valence-corrected chi connectivity index (χ4v) is 3.08. The Labute approximate surface area is 151 Å². The van der Waals surface area contributed by atoms with E-state index >= 15 is 0 Å². The average Bonchev–Trinajstić information content (AvgIpc) is 3.03. The molecule has 8 heteroatoms. The minimum absolute atomic E-state index is 0.0334. The summed E-state index contributed by atoms with van der Waals surface area (Å²) in [7, 11) is 1.52. The number of esters is 1. The van der Waals surface area contributed by atoms with Crippen LogP contribution in [0.15, 0.2) is 35.5 Å². The van der Waals surface area contributed by atoms with Gasteiger partial charge in [0.25, 0.3) is 0 Å². The number of amides is 3. The highest BCUT2D eigenvalue weighted by Crippen LogP contribution is 2.38. The monoisotopic (exact) mass is 359 g/mol. The van der Waals surface area contributed by atoms with E-state index in [9.17, 15) is 14.4 Å². The Morgan fingerprint density at radius 1 is 1.38 bits per heavy atom. The highest BCUT2D eigenvalue weighted by molar-refractivity contribution is 5.98. The van der Waals surface area contributed by atoms with Crippen LogP contribution in [0.3, 0.4) is 0 Å². The quantitative estimate of drug-likeness (QED) is 0.742. The molecule has 1 unspecified atom stereocenters. The van der Waals surface area contributed by atoms with Gasteiger partial charge in [0, 0.05) is 12.1 Å². The van der Waals surface area contributed by atoms with Gasteiger partial charge in [-0.25, -0.2) is 9.59 Å². The molecule has 2 aliphatic heterocycles. The summed E-state index contributed by atoms with van der Waals surface area (Å²) in [6, 6.07) is 6.01. The van der Waals surface area contributed by atoms with E-state index in [0.717, 1.165) is 6.42 Å². The predicted molar refractivity (Wildman–Crippen MR) is 92.3 cm³/mol. The molecule has 138 valence electrons. The summed E-state index contributed by atoms with van der Waals surface area (Å²) in [6.45, 7) is 2.27. The van der Waals surface area contributed by atoms with E-state index in [2.05, 4.69) is 10.6 Å². The largest absolute Gasteiger partial charge is 0.496 e. The molecule has 1 aromatic carbocycles. The zero-order valence-electron chi connectivity index (χ0n) is 14.7. The van der Waals surface area contributed by atoms with Crippen LogP contribution in [-0.4, -0.2) is 49.6 Å². The van der Waals surface area contributed by atoms with Gasteiger partial charge < -0.3 is 20.1 Å². The second-order valence-electron chi connectivity index (χ2n) is 6.00. The fraction of sp³-hybridized carbons (Fsp3) is 0.389. The molecule has 2 aliphatic rings. The molecule has 0 spiro atoms. The van der Waals surface area contributed by atoms with E-state index in [0.29, 0.717) is 29.1 Å². The van der Waals surface area contributed by atoms with Crippen LogP contribution in [0.4, 0.5) is 4.79 Å². The zero-order valence-corrected chi connectivity index (χ0v) is 14.7. The molecule has 3 rings (SSSR count). The molecule has 2 N–H and O–H groups in total. The second-order valence-corrected chi connectivity index (χ2v) is 6.00. The maximum Gasteiger partial charge on any atom is 0.338 e. The van der Waals surface area contributed by atoms with Crippen LogP contribution in [0.1, 0.15) is 24.9 Å². The third-order valence-electron chi connectivity index (χ3n) is 4.32. The summed E-state index contributed by atoms with van der Waals surface area (Å²) >= 11 is 0. The van der Waals surface area contributed by atoms with E-state index < -0.39 is 18.0 Å². The number of cyclic esters (lactones) is 1. The third-order valence-corrected chi connectivity index (χ3v) is 4.32. The fourth-order valence-electron chi connectivity index (χ4n) is 3.08. The molecule has 0 bridgehead atoms. The first kappa shape index (κ1) is 17.8. The maximum atomic E-state index is 12.6. The first-order chi connectivity index (χ1) is 12.6. The molecule has 0 aromatic heterocycles. The molecule has 26 heavy (non-hydrogen) atoms. The number of rotatable bonds is 6. The standard InChI is InChI=1S/C18H21N3O5/c1-3-8-19-14(22)9-21-12-10-26-17(23)15(12)16(20-18(21)24)11-6-4-5-7-13(11)25-2/h4-7,16H,3,8-10H2,1-2H3,(H,19,22)(H,20,24). The van der Waals surface area contributed by atoms with Gasteiger partial charge in [0.15, 0.2) is 0 Å². The average molecular weight is 359 g/mol. The highest BCUT2D eigenvalue weighted by Gasteiger charge is 2.43. The van der Waals surface area contributed by atoms with E-state index in [-0.39, 0.29) is 19.1 Å². The lowest BCUT2D eigenvalue weighted by Crippen LogP contribution is -2.50. The molecule has 0 saturated carbocycles. The van der Waals surface area contributed by atoms with Crippen molar-refractivity contribution >= 4 is 17.9 Å². The molecule has 0 saturated heterocycles. The smallest absolute Gasteiger partial charge is 0.338 e. The summed E-state index contributed by atoms with van der Waals surface area (Å²) in [6.07, 6.45) is 0.795. The topological polar surface area (TPSA) is 97.0 Å². The van der Waals surface area contributed by atoms with Crippen LogP contribution in [0.5, 0.6) is 5.75 Å². The Kier molecular flexibility index (Phi) is 5.11. The van der Waals surface area contributed by atoms with Crippen LogP contribution < -0.4 is 15.4 Å². The maximum absolute atomic E-state index is 12.6. The Bertz CT molecular complexity index is 774. The summed E-state index contributed by atoms with van der Waals surface area (Å²) in [4.78, 5) is 38.2. The molecule has 0 aliphatic carbocycles. The van der Waals surface area contributed by atoms with Crippen LogP contribution >= 0.6 is 0 Å². The SMILES string of the molecule is CCCNC(=O)CN1C(=O)NC(c2ccccc2OC)C2=C1COC2=O. The van der Waals surface area contributed by atoms with Crippen molar-refractivity contribution in [1.29, 1.82) is 0 Å². The van der Waals surface area contributed by atoms with E-state index in [1.807, 2.05) is 6.92 Å². The number of benzene rings is 1. The Morgan fingerprint density at radius 3 is 2.88 bits per heavy atom. The van der Waals surface area contributed by atoms with Crippen molar-refractivity contribution in [1.82, 2.24) is 15.5 Å². The Hall–Kier alpha value is -3.03. The van der Waals surface area contributed by atoms with Crippen molar-refractivity contribution in [2.24, 2.45) is 0 Å². The van der Waals surface area contributed by atoms with Crippen molar-refractivity contribution in [2.45, 2.75) is 19.4 Å². The van der Waals surface area contributed by atoms with Crippen LogP contribution in [0.25, 0.3) is 0 Å². The predicted octanol–water partition coefficient (Wildman–Crippen LogP) is 1.10. The van der Waals surface area contributed by atoms with Crippen molar-refractivity contribution in [3.63, 3.8) is 0 Å². The lowest BCUT2D eigenvalue weighted by atomic mass is 9.95. The summed E-state index contributed by atoms with van der Waals surface area (Å²) in [5.41, 5.74) is 1.41. The van der Waals surface area contributed by atoms with Crippen molar-refractivity contribution in [3.8, 4) is 5.75 Å². The Morgan fingerprint density at radius 2 is 2.15 bits per heavy atom. The summed E-state index contributed by atoms with van der Waals surface area (Å²) in [5.74, 6) is -0.239. The minimum atomic E-state index is -0.682. The first-order valence-electron chi connectivity index (χ1n) is 8.44. The van der Waals surface area contributed by atoms with Gasteiger partial charge in [-0.1, -0.05) is 25.1 Å². The van der Waals surface area contributed by atoms with Gasteiger partial charge in [-0.2, -0.15) is 0 Å². The molecule has 1 aromatic rings. The van der Waals surface area contributed by atoms with Gasteiger partial charge in [0.2, 0.25) is 5.91 Å². The molecular weight excluding hydrogens is 338 g/mol. The van der Waals surface area contributed by atoms with Gasteiger partial charge in [-0.15, -0.1) is 0 Å². The molecule has 0 fully saturated rings. The zero-order chi connectivity index (χ0) is 18.7. The van der Waals surface area contributed by atoms with Crippen molar-refractivity contribution < 1.29 is 23.9 Å². The van der Waals surface area contributed by atoms with E-state index in [4.69, 9.17) is 9.47 Å². The molecular formula is C18H21N3O5. The Balaban J connectivity index is 1.95. The second kappa shape index (κ2) is 7.47. The third kappa shape index (κ3) is 3.22. The number of urea groups is 1. The van der Waals surface area contributed by atoms with Crippen LogP contribution in [-0.2, 0) is 14.3 Å². The van der Waals surface area contributed by atoms with Crippen LogP contribution in [0.2, 0.25) is 0 Å². The van der Waals surface area contributed by atoms with Gasteiger partial charge >= 0.3 is 12.0 Å². The number of carbonyl (C=O) groups is 3. The normalized spacial score (nSPS) is 19.0. The van der Waals surface area contributed by atoms with Gasteiger partial charge in [0.1, 0.15) is 18.9 Å². The molecule has 1 atom stereocenters. The number of carbonyl (C=O) groups excluding carboxylic acids is 3. The van der Waals surface area contributed by atoms with Crippen molar-refractivity contribution in [3.05, 3.63) is 41.1 Å². The van der Waals surface area contributed by atoms with Crippen molar-refractivity contribution in [2.75, 3.05) is 26.8 Å². The van der Waals surface area contributed by atoms with Crippen LogP contribution in [0, 0.1) is 0 Å². The first-order valence-corrected chi connectivity index (χ1v) is 8.44.